The first-order valence-corrected chi connectivity index (χ1v) is 10.3. The number of oxazole rings is 1. The molecule has 158 valence electrons. The third kappa shape index (κ3) is 4.31. The van der Waals surface area contributed by atoms with Gasteiger partial charge in [-0.15, -0.1) is 0 Å². The van der Waals surface area contributed by atoms with E-state index in [0.717, 1.165) is 11.1 Å². The van der Waals surface area contributed by atoms with Gasteiger partial charge in [0.15, 0.2) is 0 Å². The SMILES string of the molecule is Cc1nc(-c2cccc(Cl)c2)n(Cc2nc(-c3ccccc3)oc2C)c(=O)c1CCO. The highest BCUT2D eigenvalue weighted by molar-refractivity contribution is 6.30. The maximum Gasteiger partial charge on any atom is 0.257 e. The van der Waals surface area contributed by atoms with Gasteiger partial charge in [-0.2, -0.15) is 0 Å². The van der Waals surface area contributed by atoms with E-state index in [1.165, 1.54) is 0 Å². The molecular formula is C24H22ClN3O3. The molecule has 0 saturated carbocycles. The summed E-state index contributed by atoms with van der Waals surface area (Å²) in [6.45, 7) is 3.67. The fraction of sp³-hybridized carbons (Fsp3) is 0.208. The van der Waals surface area contributed by atoms with Crippen LogP contribution in [0.15, 0.2) is 63.8 Å². The summed E-state index contributed by atoms with van der Waals surface area (Å²) in [7, 11) is 0. The first-order valence-electron chi connectivity index (χ1n) is 9.96. The highest BCUT2D eigenvalue weighted by Gasteiger charge is 2.19. The van der Waals surface area contributed by atoms with E-state index in [1.54, 1.807) is 23.6 Å². The predicted molar refractivity (Wildman–Crippen MR) is 120 cm³/mol. The number of hydrogen-bond donors (Lipinski definition) is 1. The van der Waals surface area contributed by atoms with E-state index in [-0.39, 0.29) is 25.1 Å². The number of aromatic nitrogens is 3. The molecule has 0 bridgehead atoms. The molecule has 0 aliphatic rings. The molecule has 0 spiro atoms. The van der Waals surface area contributed by atoms with Gasteiger partial charge in [0, 0.05) is 40.4 Å². The summed E-state index contributed by atoms with van der Waals surface area (Å²) >= 11 is 6.19. The lowest BCUT2D eigenvalue weighted by Gasteiger charge is -2.15. The highest BCUT2D eigenvalue weighted by Crippen LogP contribution is 2.25. The summed E-state index contributed by atoms with van der Waals surface area (Å²) in [5.74, 6) is 1.63. The van der Waals surface area contributed by atoms with Gasteiger partial charge >= 0.3 is 0 Å². The number of aliphatic hydroxyl groups excluding tert-OH is 1. The van der Waals surface area contributed by atoms with Crippen molar-refractivity contribution >= 4 is 11.6 Å². The van der Waals surface area contributed by atoms with Gasteiger partial charge in [-0.3, -0.25) is 9.36 Å². The lowest BCUT2D eigenvalue weighted by atomic mass is 10.1. The van der Waals surface area contributed by atoms with Crippen molar-refractivity contribution in [1.29, 1.82) is 0 Å². The molecule has 0 unspecified atom stereocenters. The zero-order valence-corrected chi connectivity index (χ0v) is 18.1. The van der Waals surface area contributed by atoms with Gasteiger partial charge in [-0.05, 0) is 38.1 Å². The smallest absolute Gasteiger partial charge is 0.257 e. The fourth-order valence-electron chi connectivity index (χ4n) is 3.52. The lowest BCUT2D eigenvalue weighted by molar-refractivity contribution is 0.298. The van der Waals surface area contributed by atoms with E-state index in [9.17, 15) is 9.90 Å². The van der Waals surface area contributed by atoms with Crippen LogP contribution >= 0.6 is 11.6 Å². The van der Waals surface area contributed by atoms with Crippen LogP contribution in [-0.2, 0) is 13.0 Å². The average molecular weight is 436 g/mol. The molecule has 2 aromatic heterocycles. The first kappa shape index (κ1) is 21.0. The van der Waals surface area contributed by atoms with E-state index in [4.69, 9.17) is 16.0 Å². The zero-order chi connectivity index (χ0) is 22.0. The predicted octanol–water partition coefficient (Wildman–Crippen LogP) is 4.42. The lowest BCUT2D eigenvalue weighted by Crippen LogP contribution is -2.29. The molecule has 0 saturated heterocycles. The second-order valence-electron chi connectivity index (χ2n) is 7.26. The van der Waals surface area contributed by atoms with Gasteiger partial charge < -0.3 is 9.52 Å². The van der Waals surface area contributed by atoms with Crippen LogP contribution < -0.4 is 5.56 Å². The Morgan fingerprint density at radius 1 is 1.03 bits per heavy atom. The Morgan fingerprint density at radius 2 is 1.77 bits per heavy atom. The van der Waals surface area contributed by atoms with E-state index in [0.29, 0.717) is 39.4 Å². The molecule has 2 heterocycles. The standard InChI is InChI=1S/C24H22ClN3O3/c1-15-20(11-12-29)24(30)28(22(26-15)18-9-6-10-19(25)13-18)14-21-16(2)31-23(27-21)17-7-4-3-5-8-17/h3-10,13,29H,11-12,14H2,1-2H3. The fourth-order valence-corrected chi connectivity index (χ4v) is 3.71. The number of halogens is 1. The molecule has 2 aromatic carbocycles. The van der Waals surface area contributed by atoms with Crippen LogP contribution in [0.25, 0.3) is 22.8 Å². The third-order valence-electron chi connectivity index (χ3n) is 5.14. The Balaban J connectivity index is 1.85. The van der Waals surface area contributed by atoms with Crippen LogP contribution in [0.4, 0.5) is 0 Å². The molecule has 31 heavy (non-hydrogen) atoms. The molecule has 0 aliphatic heterocycles. The van der Waals surface area contributed by atoms with Crippen molar-refractivity contribution in [3.8, 4) is 22.8 Å². The molecule has 4 aromatic rings. The Kier molecular flexibility index (Phi) is 6.02. The van der Waals surface area contributed by atoms with Crippen LogP contribution in [-0.4, -0.2) is 26.2 Å². The molecule has 6 nitrogen and oxygen atoms in total. The molecule has 1 N–H and O–H groups in total. The average Bonchev–Trinajstić information content (AvgIpc) is 3.14. The minimum Gasteiger partial charge on any atom is -0.441 e. The van der Waals surface area contributed by atoms with Crippen LogP contribution in [0, 0.1) is 13.8 Å². The van der Waals surface area contributed by atoms with E-state index < -0.39 is 0 Å². The number of nitrogens with zero attached hydrogens (tertiary/aromatic N) is 3. The van der Waals surface area contributed by atoms with Crippen molar-refractivity contribution < 1.29 is 9.52 Å². The second-order valence-corrected chi connectivity index (χ2v) is 7.70. The molecule has 4 rings (SSSR count). The summed E-state index contributed by atoms with van der Waals surface area (Å²) in [5.41, 5.74) is 3.10. The first-order chi connectivity index (χ1) is 15.0. The largest absolute Gasteiger partial charge is 0.441 e. The summed E-state index contributed by atoms with van der Waals surface area (Å²) in [5, 5.41) is 9.98. The van der Waals surface area contributed by atoms with Crippen LogP contribution in [0.2, 0.25) is 5.02 Å². The van der Waals surface area contributed by atoms with E-state index >= 15 is 0 Å². The number of aryl methyl sites for hydroxylation is 2. The molecule has 7 heteroatoms. The highest BCUT2D eigenvalue weighted by atomic mass is 35.5. The van der Waals surface area contributed by atoms with Crippen molar-refractivity contribution in [2.45, 2.75) is 26.8 Å². The summed E-state index contributed by atoms with van der Waals surface area (Å²) in [6, 6.07) is 16.8. The molecular weight excluding hydrogens is 414 g/mol. The minimum atomic E-state index is -0.208. The van der Waals surface area contributed by atoms with Gasteiger partial charge in [0.25, 0.3) is 5.56 Å². The summed E-state index contributed by atoms with van der Waals surface area (Å²) in [4.78, 5) is 22.7. The maximum absolute atomic E-state index is 13.4. The Morgan fingerprint density at radius 3 is 2.48 bits per heavy atom. The zero-order valence-electron chi connectivity index (χ0n) is 17.3. The molecule has 0 radical (unpaired) electrons. The number of aliphatic hydroxyl groups is 1. The topological polar surface area (TPSA) is 81.2 Å². The minimum absolute atomic E-state index is 0.130. The molecule has 0 fully saturated rings. The number of rotatable bonds is 6. The quantitative estimate of drug-likeness (QED) is 0.485. The van der Waals surface area contributed by atoms with Gasteiger partial charge in [-0.25, -0.2) is 9.97 Å². The Hall–Kier alpha value is -3.22. The molecule has 0 amide bonds. The van der Waals surface area contributed by atoms with Gasteiger partial charge in [0.2, 0.25) is 5.89 Å². The Bertz CT molecular complexity index is 1280. The van der Waals surface area contributed by atoms with Crippen molar-refractivity contribution in [2.75, 3.05) is 6.61 Å². The monoisotopic (exact) mass is 435 g/mol. The van der Waals surface area contributed by atoms with E-state index in [2.05, 4.69) is 9.97 Å². The van der Waals surface area contributed by atoms with E-state index in [1.807, 2.05) is 49.4 Å². The Labute approximate surface area is 184 Å². The molecule has 0 atom stereocenters. The second kappa shape index (κ2) is 8.88. The van der Waals surface area contributed by atoms with Gasteiger partial charge in [-0.1, -0.05) is 41.9 Å². The maximum atomic E-state index is 13.4. The van der Waals surface area contributed by atoms with Crippen LogP contribution in [0.1, 0.15) is 22.7 Å². The molecule has 0 aliphatic carbocycles. The van der Waals surface area contributed by atoms with Crippen LogP contribution in [0.5, 0.6) is 0 Å². The van der Waals surface area contributed by atoms with Gasteiger partial charge in [0.05, 0.1) is 6.54 Å². The summed E-state index contributed by atoms with van der Waals surface area (Å²) < 4.78 is 7.44. The third-order valence-corrected chi connectivity index (χ3v) is 5.37. The van der Waals surface area contributed by atoms with Crippen LogP contribution in [0.3, 0.4) is 0 Å². The summed E-state index contributed by atoms with van der Waals surface area (Å²) in [6.07, 6.45) is 0.237. The van der Waals surface area contributed by atoms with Crippen molar-refractivity contribution in [3.63, 3.8) is 0 Å². The number of benzene rings is 2. The van der Waals surface area contributed by atoms with Crippen molar-refractivity contribution in [2.24, 2.45) is 0 Å². The van der Waals surface area contributed by atoms with Crippen molar-refractivity contribution in [3.05, 3.63) is 92.7 Å². The normalized spacial score (nSPS) is 11.1. The van der Waals surface area contributed by atoms with Crippen molar-refractivity contribution in [1.82, 2.24) is 14.5 Å². The number of hydrogen-bond acceptors (Lipinski definition) is 5. The van der Waals surface area contributed by atoms with Gasteiger partial charge in [0.1, 0.15) is 17.3 Å².